The van der Waals surface area contributed by atoms with Crippen molar-refractivity contribution in [2.24, 2.45) is 5.92 Å². The zero-order valence-electron chi connectivity index (χ0n) is 11.6. The van der Waals surface area contributed by atoms with Crippen molar-refractivity contribution in [3.63, 3.8) is 0 Å². The molecule has 0 unspecified atom stereocenters. The lowest BCUT2D eigenvalue weighted by Crippen LogP contribution is -2.28. The summed E-state index contributed by atoms with van der Waals surface area (Å²) in [5.74, 6) is 0.147. The van der Waals surface area contributed by atoms with Gasteiger partial charge in [0.2, 0.25) is 5.91 Å². The highest BCUT2D eigenvalue weighted by molar-refractivity contribution is 5.92. The molecular weight excluding hydrogens is 238 g/mol. The molecule has 3 nitrogen and oxygen atoms in total. The normalized spacial score (nSPS) is 23.1. The Kier molecular flexibility index (Phi) is 4.97. The van der Waals surface area contributed by atoms with E-state index in [0.717, 1.165) is 44.2 Å². The molecule has 3 heteroatoms. The van der Waals surface area contributed by atoms with E-state index in [1.165, 1.54) is 5.56 Å². The summed E-state index contributed by atoms with van der Waals surface area (Å²) in [6.07, 6.45) is 5.07. The number of aliphatic hydroxyl groups is 1. The first kappa shape index (κ1) is 14.1. The predicted molar refractivity (Wildman–Crippen MR) is 77.0 cm³/mol. The number of hydrogen-bond acceptors (Lipinski definition) is 2. The molecule has 0 saturated heterocycles. The Balaban J connectivity index is 1.88. The molecule has 104 valence electrons. The van der Waals surface area contributed by atoms with Gasteiger partial charge in [-0.15, -0.1) is 0 Å². The van der Waals surface area contributed by atoms with Crippen molar-refractivity contribution < 1.29 is 9.90 Å². The molecule has 1 aliphatic rings. The minimum atomic E-state index is -0.211. The average Bonchev–Trinajstić information content (AvgIpc) is 2.42. The standard InChI is InChI=1S/C16H23NO2/c1-2-3-12-4-8-14(9-5-12)17-16(19)13-6-10-15(18)11-7-13/h4-5,8-9,13,15,18H,2-3,6-7,10-11H2,1H3,(H,17,19). The van der Waals surface area contributed by atoms with Crippen LogP contribution in [-0.2, 0) is 11.2 Å². The summed E-state index contributed by atoms with van der Waals surface area (Å²) in [4.78, 5) is 12.1. The quantitative estimate of drug-likeness (QED) is 0.875. The highest BCUT2D eigenvalue weighted by Crippen LogP contribution is 2.25. The summed E-state index contributed by atoms with van der Waals surface area (Å²) >= 11 is 0. The SMILES string of the molecule is CCCc1ccc(NC(=O)C2CCC(O)CC2)cc1. The lowest BCUT2D eigenvalue weighted by atomic mass is 9.87. The number of amides is 1. The Hall–Kier alpha value is -1.35. The molecule has 2 rings (SSSR count). The fraction of sp³-hybridized carbons (Fsp3) is 0.562. The van der Waals surface area contributed by atoms with Gasteiger partial charge in [-0.3, -0.25) is 4.79 Å². The second-order valence-electron chi connectivity index (χ2n) is 5.44. The Morgan fingerprint density at radius 3 is 2.42 bits per heavy atom. The van der Waals surface area contributed by atoms with Crippen molar-refractivity contribution in [3.05, 3.63) is 29.8 Å². The predicted octanol–water partition coefficient (Wildman–Crippen LogP) is 3.13. The van der Waals surface area contributed by atoms with Crippen LogP contribution in [0.5, 0.6) is 0 Å². The molecule has 0 atom stereocenters. The van der Waals surface area contributed by atoms with E-state index in [-0.39, 0.29) is 17.9 Å². The summed E-state index contributed by atoms with van der Waals surface area (Å²) in [6, 6.07) is 8.09. The number of carbonyl (C=O) groups is 1. The number of rotatable bonds is 4. The van der Waals surface area contributed by atoms with Crippen LogP contribution in [-0.4, -0.2) is 17.1 Å². The van der Waals surface area contributed by atoms with Crippen LogP contribution in [0.2, 0.25) is 0 Å². The summed E-state index contributed by atoms with van der Waals surface area (Å²) in [5.41, 5.74) is 2.18. The third-order valence-corrected chi connectivity index (χ3v) is 3.83. The van der Waals surface area contributed by atoms with Crippen LogP contribution in [0.3, 0.4) is 0 Å². The number of carbonyl (C=O) groups excluding carboxylic acids is 1. The molecule has 1 aromatic rings. The van der Waals surface area contributed by atoms with E-state index in [2.05, 4.69) is 24.4 Å². The van der Waals surface area contributed by atoms with Crippen molar-refractivity contribution in [3.8, 4) is 0 Å². The lowest BCUT2D eigenvalue weighted by molar-refractivity contribution is -0.121. The lowest BCUT2D eigenvalue weighted by Gasteiger charge is -2.24. The van der Waals surface area contributed by atoms with Crippen molar-refractivity contribution in [2.75, 3.05) is 5.32 Å². The summed E-state index contributed by atoms with van der Waals surface area (Å²) in [7, 11) is 0. The first-order chi connectivity index (χ1) is 9.19. The van der Waals surface area contributed by atoms with Gasteiger partial charge in [0.15, 0.2) is 0 Å². The van der Waals surface area contributed by atoms with Gasteiger partial charge in [-0.25, -0.2) is 0 Å². The zero-order valence-corrected chi connectivity index (χ0v) is 11.6. The molecule has 1 fully saturated rings. The van der Waals surface area contributed by atoms with E-state index < -0.39 is 0 Å². The minimum Gasteiger partial charge on any atom is -0.393 e. The third-order valence-electron chi connectivity index (χ3n) is 3.83. The molecule has 0 spiro atoms. The van der Waals surface area contributed by atoms with Gasteiger partial charge in [-0.05, 0) is 49.8 Å². The third kappa shape index (κ3) is 4.06. The van der Waals surface area contributed by atoms with Crippen LogP contribution in [0.25, 0.3) is 0 Å². The first-order valence-electron chi connectivity index (χ1n) is 7.27. The van der Waals surface area contributed by atoms with E-state index in [9.17, 15) is 9.90 Å². The fourth-order valence-electron chi connectivity index (χ4n) is 2.63. The minimum absolute atomic E-state index is 0.0544. The molecule has 0 heterocycles. The molecule has 0 aliphatic heterocycles. The Labute approximate surface area is 115 Å². The van der Waals surface area contributed by atoms with Crippen molar-refractivity contribution in [1.82, 2.24) is 0 Å². The number of anilines is 1. The van der Waals surface area contributed by atoms with Gasteiger partial charge in [-0.2, -0.15) is 0 Å². The summed E-state index contributed by atoms with van der Waals surface area (Å²) in [5, 5.41) is 12.4. The molecule has 2 N–H and O–H groups in total. The molecule has 1 aliphatic carbocycles. The van der Waals surface area contributed by atoms with Crippen LogP contribution in [0.1, 0.15) is 44.6 Å². The molecule has 1 amide bonds. The largest absolute Gasteiger partial charge is 0.393 e. The van der Waals surface area contributed by atoms with Crippen molar-refractivity contribution in [1.29, 1.82) is 0 Å². The molecule has 0 bridgehead atoms. The van der Waals surface area contributed by atoms with E-state index >= 15 is 0 Å². The van der Waals surface area contributed by atoms with Crippen LogP contribution >= 0.6 is 0 Å². The monoisotopic (exact) mass is 261 g/mol. The van der Waals surface area contributed by atoms with E-state index in [4.69, 9.17) is 0 Å². The summed E-state index contributed by atoms with van der Waals surface area (Å²) < 4.78 is 0. The molecule has 19 heavy (non-hydrogen) atoms. The van der Waals surface area contributed by atoms with Crippen molar-refractivity contribution in [2.45, 2.75) is 51.6 Å². The van der Waals surface area contributed by atoms with Crippen LogP contribution in [0.4, 0.5) is 5.69 Å². The molecule has 0 radical (unpaired) electrons. The van der Waals surface area contributed by atoms with Gasteiger partial charge in [0.1, 0.15) is 0 Å². The Bertz CT molecular complexity index is 405. The van der Waals surface area contributed by atoms with Crippen molar-refractivity contribution >= 4 is 11.6 Å². The second-order valence-corrected chi connectivity index (χ2v) is 5.44. The van der Waals surface area contributed by atoms with Gasteiger partial charge in [0.05, 0.1) is 6.10 Å². The fourth-order valence-corrected chi connectivity index (χ4v) is 2.63. The van der Waals surface area contributed by atoms with Gasteiger partial charge in [0.25, 0.3) is 0 Å². The maximum atomic E-state index is 12.1. The Morgan fingerprint density at radius 2 is 1.84 bits per heavy atom. The zero-order chi connectivity index (χ0) is 13.7. The topological polar surface area (TPSA) is 49.3 Å². The smallest absolute Gasteiger partial charge is 0.227 e. The first-order valence-corrected chi connectivity index (χ1v) is 7.27. The molecular formula is C16H23NO2. The second kappa shape index (κ2) is 6.71. The van der Waals surface area contributed by atoms with E-state index in [1.54, 1.807) is 0 Å². The van der Waals surface area contributed by atoms with Gasteiger partial charge >= 0.3 is 0 Å². The number of hydrogen-bond donors (Lipinski definition) is 2. The van der Waals surface area contributed by atoms with Crippen LogP contribution < -0.4 is 5.32 Å². The number of aryl methyl sites for hydroxylation is 1. The van der Waals surface area contributed by atoms with Crippen LogP contribution in [0.15, 0.2) is 24.3 Å². The number of benzene rings is 1. The van der Waals surface area contributed by atoms with Gasteiger partial charge in [0, 0.05) is 11.6 Å². The van der Waals surface area contributed by atoms with Crippen LogP contribution in [0, 0.1) is 5.92 Å². The highest BCUT2D eigenvalue weighted by atomic mass is 16.3. The highest BCUT2D eigenvalue weighted by Gasteiger charge is 2.25. The maximum absolute atomic E-state index is 12.1. The molecule has 0 aromatic heterocycles. The van der Waals surface area contributed by atoms with Gasteiger partial charge < -0.3 is 10.4 Å². The maximum Gasteiger partial charge on any atom is 0.227 e. The van der Waals surface area contributed by atoms with Gasteiger partial charge in [-0.1, -0.05) is 25.5 Å². The van der Waals surface area contributed by atoms with E-state index in [1.807, 2.05) is 12.1 Å². The number of aliphatic hydroxyl groups excluding tert-OH is 1. The van der Waals surface area contributed by atoms with E-state index in [0.29, 0.717) is 0 Å². The average molecular weight is 261 g/mol. The number of nitrogens with one attached hydrogen (secondary N) is 1. The molecule has 1 saturated carbocycles. The Morgan fingerprint density at radius 1 is 1.21 bits per heavy atom. The summed E-state index contributed by atoms with van der Waals surface area (Å²) in [6.45, 7) is 2.16. The molecule has 1 aromatic carbocycles.